The SMILES string of the molecule is CCCCCCCCCCCCCCCCCCCCCCCCCCC(=O)OC(COCCCCCCCCCCCCCCCCC)COC1OC(CO)C(O)C(OS(=O)(=O)O)C1O. The highest BCUT2D eigenvalue weighted by Gasteiger charge is 2.48. The van der Waals surface area contributed by atoms with Crippen LogP contribution in [0.4, 0.5) is 0 Å². The van der Waals surface area contributed by atoms with Gasteiger partial charge < -0.3 is 34.3 Å². The normalized spacial score (nSPS) is 19.4. The molecule has 1 heterocycles. The third kappa shape index (κ3) is 37.9. The van der Waals surface area contributed by atoms with Crippen molar-refractivity contribution in [3.05, 3.63) is 0 Å². The van der Waals surface area contributed by atoms with E-state index in [9.17, 15) is 33.1 Å². The first-order valence-corrected chi connectivity index (χ1v) is 29.2. The number of carbonyl (C=O) groups excluding carboxylic acids is 1. The number of esters is 1. The maximum atomic E-state index is 12.9. The zero-order valence-corrected chi connectivity index (χ0v) is 43.4. The van der Waals surface area contributed by atoms with Crippen molar-refractivity contribution >= 4 is 16.4 Å². The predicted octanol–water partition coefficient (Wildman–Crippen LogP) is 13.2. The van der Waals surface area contributed by atoms with E-state index in [0.717, 1.165) is 38.5 Å². The molecule has 1 aliphatic rings. The zero-order chi connectivity index (χ0) is 48.2. The Morgan fingerprint density at radius 2 is 0.864 bits per heavy atom. The largest absolute Gasteiger partial charge is 0.457 e. The molecule has 1 saturated heterocycles. The van der Waals surface area contributed by atoms with Crippen molar-refractivity contribution in [3.63, 3.8) is 0 Å². The molecule has 0 bridgehead atoms. The van der Waals surface area contributed by atoms with E-state index < -0.39 is 53.8 Å². The molecule has 1 rings (SSSR count). The average molecular weight is 965 g/mol. The summed E-state index contributed by atoms with van der Waals surface area (Å²) in [4.78, 5) is 12.9. The highest BCUT2D eigenvalue weighted by Crippen LogP contribution is 2.26. The summed E-state index contributed by atoms with van der Waals surface area (Å²) in [5.41, 5.74) is 0. The molecule has 4 N–H and O–H groups in total. The molecule has 0 radical (unpaired) electrons. The second-order valence-electron chi connectivity index (χ2n) is 19.5. The first kappa shape index (κ1) is 63.1. The van der Waals surface area contributed by atoms with Crippen LogP contribution in [0.25, 0.3) is 0 Å². The van der Waals surface area contributed by atoms with Crippen molar-refractivity contribution in [1.82, 2.24) is 0 Å². The van der Waals surface area contributed by atoms with E-state index in [0.29, 0.717) is 13.0 Å². The Labute approximate surface area is 405 Å². The standard InChI is InChI=1S/C53H104O12S/c1-3-5-7-9-11-13-15-17-19-20-21-22-23-24-25-26-27-28-30-32-34-36-38-40-42-49(55)63-47(46-62-53-51(57)52(65-66(58,59)60)50(56)48(44-54)64-53)45-61-43-41-39-37-35-33-31-29-18-16-14-12-10-8-6-4-2/h47-48,50-54,56-57H,3-46H2,1-2H3,(H,58,59,60). The molecule has 12 nitrogen and oxygen atoms in total. The van der Waals surface area contributed by atoms with Gasteiger partial charge in [0.25, 0.3) is 0 Å². The van der Waals surface area contributed by atoms with Gasteiger partial charge in [0.05, 0.1) is 19.8 Å². The molecule has 6 unspecified atom stereocenters. The van der Waals surface area contributed by atoms with Gasteiger partial charge in [-0.15, -0.1) is 0 Å². The highest BCUT2D eigenvalue weighted by molar-refractivity contribution is 7.80. The number of aliphatic hydroxyl groups excluding tert-OH is 3. The van der Waals surface area contributed by atoms with E-state index in [1.165, 1.54) is 205 Å². The predicted molar refractivity (Wildman–Crippen MR) is 267 cm³/mol. The second kappa shape index (κ2) is 45.3. The van der Waals surface area contributed by atoms with Gasteiger partial charge >= 0.3 is 16.4 Å². The molecule has 13 heteroatoms. The van der Waals surface area contributed by atoms with Gasteiger partial charge in [0.15, 0.2) is 6.29 Å². The van der Waals surface area contributed by atoms with Crippen molar-refractivity contribution in [3.8, 4) is 0 Å². The lowest BCUT2D eigenvalue weighted by Gasteiger charge is -2.41. The van der Waals surface area contributed by atoms with Crippen molar-refractivity contribution in [2.75, 3.05) is 26.4 Å². The Bertz CT molecular complexity index is 1160. The quantitative estimate of drug-likeness (QED) is 0.0258. The van der Waals surface area contributed by atoms with Gasteiger partial charge in [0, 0.05) is 13.0 Å². The Kier molecular flexibility index (Phi) is 43.3. The summed E-state index contributed by atoms with van der Waals surface area (Å²) in [6.07, 6.45) is 41.4. The topological polar surface area (TPSA) is 178 Å². The Morgan fingerprint density at radius 1 is 0.515 bits per heavy atom. The minimum Gasteiger partial charge on any atom is -0.457 e. The van der Waals surface area contributed by atoms with Crippen LogP contribution in [0, 0.1) is 0 Å². The van der Waals surface area contributed by atoms with Crippen LogP contribution < -0.4 is 0 Å². The molecule has 0 aromatic heterocycles. The van der Waals surface area contributed by atoms with Gasteiger partial charge in [-0.2, -0.15) is 8.42 Å². The fraction of sp³-hybridized carbons (Fsp3) is 0.981. The van der Waals surface area contributed by atoms with Gasteiger partial charge in [-0.3, -0.25) is 9.35 Å². The molecule has 0 saturated carbocycles. The fourth-order valence-corrected chi connectivity index (χ4v) is 9.54. The lowest BCUT2D eigenvalue weighted by atomic mass is 9.99. The molecule has 1 fully saturated rings. The van der Waals surface area contributed by atoms with Crippen molar-refractivity contribution in [2.45, 2.75) is 307 Å². The molecule has 0 amide bonds. The summed E-state index contributed by atoms with van der Waals surface area (Å²) in [7, 11) is -5.06. The number of aliphatic hydroxyl groups is 3. The molecule has 6 atom stereocenters. The summed E-state index contributed by atoms with van der Waals surface area (Å²) in [5, 5.41) is 30.8. The van der Waals surface area contributed by atoms with Crippen LogP contribution in [0.1, 0.15) is 271 Å². The third-order valence-electron chi connectivity index (χ3n) is 13.2. The molecule has 0 aromatic carbocycles. The second-order valence-corrected chi connectivity index (χ2v) is 20.6. The lowest BCUT2D eigenvalue weighted by molar-refractivity contribution is -0.301. The van der Waals surface area contributed by atoms with Gasteiger partial charge in [-0.05, 0) is 12.8 Å². The van der Waals surface area contributed by atoms with E-state index in [1.807, 2.05) is 0 Å². The third-order valence-corrected chi connectivity index (χ3v) is 13.7. The zero-order valence-electron chi connectivity index (χ0n) is 42.5. The van der Waals surface area contributed by atoms with Crippen molar-refractivity contribution in [1.29, 1.82) is 0 Å². The minimum atomic E-state index is -5.06. The average Bonchev–Trinajstić information content (AvgIpc) is 3.29. The monoisotopic (exact) mass is 965 g/mol. The summed E-state index contributed by atoms with van der Waals surface area (Å²) in [6.45, 7) is 4.07. The fourth-order valence-electron chi connectivity index (χ4n) is 9.03. The van der Waals surface area contributed by atoms with E-state index in [4.69, 9.17) is 18.9 Å². The molecular weight excluding hydrogens is 861 g/mol. The Hall–Kier alpha value is -0.900. The molecule has 0 aromatic rings. The molecule has 0 spiro atoms. The molecule has 394 valence electrons. The van der Waals surface area contributed by atoms with Gasteiger partial charge in [-0.25, -0.2) is 4.18 Å². The van der Waals surface area contributed by atoms with Crippen LogP contribution in [-0.2, 0) is 38.3 Å². The minimum absolute atomic E-state index is 0.0452. The lowest BCUT2D eigenvalue weighted by Crippen LogP contribution is -2.60. The summed E-state index contributed by atoms with van der Waals surface area (Å²) in [5.74, 6) is -0.390. The maximum Gasteiger partial charge on any atom is 0.397 e. The summed E-state index contributed by atoms with van der Waals surface area (Å²) >= 11 is 0. The summed E-state index contributed by atoms with van der Waals surface area (Å²) < 4.78 is 59.3. The molecule has 66 heavy (non-hydrogen) atoms. The summed E-state index contributed by atoms with van der Waals surface area (Å²) in [6, 6.07) is 0. The number of hydrogen-bond acceptors (Lipinski definition) is 11. The molecular formula is C53H104O12S. The van der Waals surface area contributed by atoms with Crippen LogP contribution in [0.5, 0.6) is 0 Å². The highest BCUT2D eigenvalue weighted by atomic mass is 32.3. The van der Waals surface area contributed by atoms with Crippen LogP contribution in [0.2, 0.25) is 0 Å². The molecule has 1 aliphatic heterocycles. The van der Waals surface area contributed by atoms with E-state index >= 15 is 0 Å². The number of hydrogen-bond donors (Lipinski definition) is 4. The number of ether oxygens (including phenoxy) is 4. The van der Waals surface area contributed by atoms with Gasteiger partial charge in [0.1, 0.15) is 30.5 Å². The first-order valence-electron chi connectivity index (χ1n) is 27.8. The number of carbonyl (C=O) groups is 1. The van der Waals surface area contributed by atoms with Crippen LogP contribution in [0.15, 0.2) is 0 Å². The van der Waals surface area contributed by atoms with E-state index in [2.05, 4.69) is 18.0 Å². The van der Waals surface area contributed by atoms with E-state index in [-0.39, 0.29) is 25.6 Å². The van der Waals surface area contributed by atoms with Crippen LogP contribution in [0.3, 0.4) is 0 Å². The van der Waals surface area contributed by atoms with Crippen molar-refractivity contribution in [2.24, 2.45) is 0 Å². The van der Waals surface area contributed by atoms with Crippen LogP contribution >= 0.6 is 0 Å². The van der Waals surface area contributed by atoms with Gasteiger partial charge in [-0.1, -0.05) is 251 Å². The molecule has 0 aliphatic carbocycles. The van der Waals surface area contributed by atoms with Crippen molar-refractivity contribution < 1.29 is 56.2 Å². The number of rotatable bonds is 50. The van der Waals surface area contributed by atoms with Crippen LogP contribution in [-0.4, -0.2) is 97.5 Å². The first-order chi connectivity index (χ1) is 32.1. The Balaban J connectivity index is 2.27. The number of unbranched alkanes of at least 4 members (excludes halogenated alkanes) is 37. The maximum absolute atomic E-state index is 12.9. The smallest absolute Gasteiger partial charge is 0.397 e. The van der Waals surface area contributed by atoms with E-state index in [1.54, 1.807) is 0 Å². The van der Waals surface area contributed by atoms with Gasteiger partial charge in [0.2, 0.25) is 0 Å². The Morgan fingerprint density at radius 3 is 1.21 bits per heavy atom.